The Kier molecular flexibility index (Phi) is 4.35. The Hall–Kier alpha value is -0.860. The van der Waals surface area contributed by atoms with E-state index in [4.69, 9.17) is 4.74 Å². The lowest BCUT2D eigenvalue weighted by atomic mass is 9.40. The minimum absolute atomic E-state index is 0.108. The van der Waals surface area contributed by atoms with Gasteiger partial charge in [0.2, 0.25) is 0 Å². The highest BCUT2D eigenvalue weighted by atomic mass is 16.5. The van der Waals surface area contributed by atoms with Crippen molar-refractivity contribution in [3.63, 3.8) is 0 Å². The van der Waals surface area contributed by atoms with Gasteiger partial charge in [-0.2, -0.15) is 0 Å². The predicted molar refractivity (Wildman–Crippen MR) is 96.5 cm³/mol. The minimum Gasteiger partial charge on any atom is -0.368 e. The van der Waals surface area contributed by atoms with Crippen LogP contribution in [0.2, 0.25) is 0 Å². The van der Waals surface area contributed by atoms with E-state index in [0.29, 0.717) is 5.41 Å². The molecule has 128 valence electrons. The number of rotatable bonds is 5. The summed E-state index contributed by atoms with van der Waals surface area (Å²) in [5.74, 6) is 0.767. The number of ether oxygens (including phenoxy) is 1. The summed E-state index contributed by atoms with van der Waals surface area (Å²) in [6, 6.07) is 11.0. The number of hydrogen-bond acceptors (Lipinski definition) is 2. The van der Waals surface area contributed by atoms with E-state index in [-0.39, 0.29) is 11.0 Å². The zero-order valence-electron chi connectivity index (χ0n) is 15.6. The lowest BCUT2D eigenvalue weighted by molar-refractivity contribution is -0.254. The third-order valence-corrected chi connectivity index (χ3v) is 6.84. The highest BCUT2D eigenvalue weighted by Crippen LogP contribution is 2.69. The molecule has 2 aliphatic carbocycles. The Morgan fingerprint density at radius 2 is 1.74 bits per heavy atom. The van der Waals surface area contributed by atoms with Crippen molar-refractivity contribution in [3.05, 3.63) is 35.9 Å². The monoisotopic (exact) mass is 315 g/mol. The predicted octanol–water partition coefficient (Wildman–Crippen LogP) is 4.70. The summed E-state index contributed by atoms with van der Waals surface area (Å²) in [7, 11) is 4.24. The van der Waals surface area contributed by atoms with E-state index >= 15 is 0 Å². The molecule has 0 aliphatic heterocycles. The van der Waals surface area contributed by atoms with Gasteiger partial charge in [0.25, 0.3) is 0 Å². The van der Waals surface area contributed by atoms with E-state index < -0.39 is 0 Å². The van der Waals surface area contributed by atoms with Crippen molar-refractivity contribution in [3.8, 4) is 0 Å². The molecular formula is C21H33NO. The molecule has 2 fully saturated rings. The molecule has 0 aromatic heterocycles. The van der Waals surface area contributed by atoms with Gasteiger partial charge in [-0.15, -0.1) is 0 Å². The van der Waals surface area contributed by atoms with Crippen LogP contribution in [0.15, 0.2) is 30.3 Å². The molecular weight excluding hydrogens is 282 g/mol. The van der Waals surface area contributed by atoms with Crippen molar-refractivity contribution in [2.45, 2.75) is 52.1 Å². The molecule has 0 bridgehead atoms. The SMILES string of the molecule is CN(C)CCOC1(c2ccccc2)CCC(C)(C)C2CCC21C. The zero-order chi connectivity index (χ0) is 16.7. The lowest BCUT2D eigenvalue weighted by Gasteiger charge is -2.67. The first kappa shape index (κ1) is 17.0. The lowest BCUT2D eigenvalue weighted by Crippen LogP contribution is -2.63. The van der Waals surface area contributed by atoms with Crippen LogP contribution in [-0.4, -0.2) is 32.1 Å². The molecule has 3 unspecified atom stereocenters. The Morgan fingerprint density at radius 3 is 2.30 bits per heavy atom. The molecule has 2 saturated carbocycles. The van der Waals surface area contributed by atoms with Gasteiger partial charge in [0.15, 0.2) is 0 Å². The van der Waals surface area contributed by atoms with Crippen LogP contribution < -0.4 is 0 Å². The molecule has 0 spiro atoms. The number of likely N-dealkylation sites (N-methyl/N-ethyl adjacent to an activating group) is 1. The van der Waals surface area contributed by atoms with Crippen LogP contribution in [0.1, 0.15) is 52.0 Å². The summed E-state index contributed by atoms with van der Waals surface area (Å²) < 4.78 is 6.76. The Morgan fingerprint density at radius 1 is 1.04 bits per heavy atom. The Bertz CT molecular complexity index is 538. The second kappa shape index (κ2) is 5.89. The van der Waals surface area contributed by atoms with Crippen LogP contribution in [0.3, 0.4) is 0 Å². The molecule has 3 rings (SSSR count). The summed E-state index contributed by atoms with van der Waals surface area (Å²) in [4.78, 5) is 2.21. The fourth-order valence-corrected chi connectivity index (χ4v) is 5.32. The topological polar surface area (TPSA) is 12.5 Å². The summed E-state index contributed by atoms with van der Waals surface area (Å²) in [6.07, 6.45) is 5.04. The second-order valence-corrected chi connectivity index (χ2v) is 8.84. The number of hydrogen-bond donors (Lipinski definition) is 0. The van der Waals surface area contributed by atoms with Gasteiger partial charge in [-0.1, -0.05) is 51.1 Å². The second-order valence-electron chi connectivity index (χ2n) is 8.84. The maximum Gasteiger partial charge on any atom is 0.0988 e. The summed E-state index contributed by atoms with van der Waals surface area (Å²) in [5, 5.41) is 0. The molecule has 0 heterocycles. The van der Waals surface area contributed by atoms with Crippen molar-refractivity contribution in [2.24, 2.45) is 16.7 Å². The molecule has 2 aliphatic rings. The van der Waals surface area contributed by atoms with Gasteiger partial charge >= 0.3 is 0 Å². The average Bonchev–Trinajstić information content (AvgIpc) is 2.48. The molecule has 0 radical (unpaired) electrons. The molecule has 0 amide bonds. The third kappa shape index (κ3) is 2.64. The smallest absolute Gasteiger partial charge is 0.0988 e. The first-order chi connectivity index (χ1) is 10.8. The maximum atomic E-state index is 6.76. The summed E-state index contributed by atoms with van der Waals surface area (Å²) >= 11 is 0. The summed E-state index contributed by atoms with van der Waals surface area (Å²) in [6.45, 7) is 9.21. The van der Waals surface area contributed by atoms with Crippen LogP contribution >= 0.6 is 0 Å². The van der Waals surface area contributed by atoms with Gasteiger partial charge in [0.05, 0.1) is 12.2 Å². The molecule has 2 heteroatoms. The van der Waals surface area contributed by atoms with E-state index in [1.807, 2.05) is 0 Å². The van der Waals surface area contributed by atoms with Gasteiger partial charge in [0.1, 0.15) is 0 Å². The van der Waals surface area contributed by atoms with Crippen molar-refractivity contribution >= 4 is 0 Å². The molecule has 0 saturated heterocycles. The molecule has 0 N–H and O–H groups in total. The maximum absolute atomic E-state index is 6.76. The average molecular weight is 316 g/mol. The molecule has 23 heavy (non-hydrogen) atoms. The Balaban J connectivity index is 1.96. The van der Waals surface area contributed by atoms with Crippen LogP contribution in [0, 0.1) is 16.7 Å². The van der Waals surface area contributed by atoms with Gasteiger partial charge in [-0.3, -0.25) is 0 Å². The highest BCUT2D eigenvalue weighted by Gasteiger charge is 2.65. The van der Waals surface area contributed by atoms with Gasteiger partial charge in [0, 0.05) is 12.0 Å². The molecule has 3 atom stereocenters. The number of nitrogens with zero attached hydrogens (tertiary/aromatic N) is 1. The van der Waals surface area contributed by atoms with Gasteiger partial charge < -0.3 is 9.64 Å². The van der Waals surface area contributed by atoms with Gasteiger partial charge in [-0.25, -0.2) is 0 Å². The van der Waals surface area contributed by atoms with E-state index in [9.17, 15) is 0 Å². The van der Waals surface area contributed by atoms with Crippen molar-refractivity contribution in [1.82, 2.24) is 4.90 Å². The zero-order valence-corrected chi connectivity index (χ0v) is 15.6. The van der Waals surface area contributed by atoms with E-state index in [1.165, 1.54) is 24.8 Å². The molecule has 2 nitrogen and oxygen atoms in total. The van der Waals surface area contributed by atoms with Crippen molar-refractivity contribution in [1.29, 1.82) is 0 Å². The normalized spacial score (nSPS) is 35.7. The van der Waals surface area contributed by atoms with Crippen molar-refractivity contribution < 1.29 is 4.74 Å². The molecule has 1 aromatic carbocycles. The number of fused-ring (bicyclic) bond motifs is 1. The van der Waals surface area contributed by atoms with Crippen LogP contribution in [-0.2, 0) is 10.3 Å². The highest BCUT2D eigenvalue weighted by molar-refractivity contribution is 5.30. The first-order valence-electron chi connectivity index (χ1n) is 9.16. The van der Waals surface area contributed by atoms with E-state index in [0.717, 1.165) is 25.5 Å². The standard InChI is InChI=1S/C21H33NO/c1-19(2)13-14-21(23-16-15-22(4)5,17-9-7-6-8-10-17)20(3)12-11-18(19)20/h6-10,18H,11-16H2,1-5H3. The Labute approximate surface area is 142 Å². The van der Waals surface area contributed by atoms with Crippen LogP contribution in [0.25, 0.3) is 0 Å². The summed E-state index contributed by atoms with van der Waals surface area (Å²) in [5.41, 5.74) is 1.99. The quantitative estimate of drug-likeness (QED) is 0.781. The van der Waals surface area contributed by atoms with Crippen LogP contribution in [0.5, 0.6) is 0 Å². The van der Waals surface area contributed by atoms with Gasteiger partial charge in [-0.05, 0) is 56.7 Å². The fraction of sp³-hybridized carbons (Fsp3) is 0.714. The minimum atomic E-state index is -0.108. The first-order valence-corrected chi connectivity index (χ1v) is 9.16. The third-order valence-electron chi connectivity index (χ3n) is 6.84. The van der Waals surface area contributed by atoms with E-state index in [2.05, 4.69) is 70.1 Å². The number of benzene rings is 1. The van der Waals surface area contributed by atoms with E-state index in [1.54, 1.807) is 0 Å². The molecule has 1 aromatic rings. The van der Waals surface area contributed by atoms with Crippen molar-refractivity contribution in [2.75, 3.05) is 27.2 Å². The van der Waals surface area contributed by atoms with Crippen LogP contribution in [0.4, 0.5) is 0 Å². The fourth-order valence-electron chi connectivity index (χ4n) is 5.32. The largest absolute Gasteiger partial charge is 0.368 e.